The van der Waals surface area contributed by atoms with Crippen molar-refractivity contribution in [1.29, 1.82) is 0 Å². The summed E-state index contributed by atoms with van der Waals surface area (Å²) in [6, 6.07) is 0. The Labute approximate surface area is 335 Å². The van der Waals surface area contributed by atoms with Crippen molar-refractivity contribution in [3.05, 3.63) is 38.2 Å². The van der Waals surface area contributed by atoms with Crippen LogP contribution in [0, 0.1) is 11.8 Å². The Morgan fingerprint density at radius 1 is 0.636 bits per heavy atom. The van der Waals surface area contributed by atoms with E-state index in [2.05, 4.69) is 77.9 Å². The van der Waals surface area contributed by atoms with Crippen LogP contribution in [0.25, 0.3) is 0 Å². The second-order valence-electron chi connectivity index (χ2n) is 12.8. The number of aliphatic imine (C=N–C) groups is 1. The van der Waals surface area contributed by atoms with Crippen molar-refractivity contribution in [1.82, 2.24) is 0 Å². The van der Waals surface area contributed by atoms with Gasteiger partial charge in [0.2, 0.25) is 0 Å². The molecule has 55 heavy (non-hydrogen) atoms. The third kappa shape index (κ3) is 36.8. The minimum Gasteiger partial charge on any atom is -0.499 e. The van der Waals surface area contributed by atoms with Crippen LogP contribution in [0.15, 0.2) is 43.1 Å². The van der Waals surface area contributed by atoms with Crippen LogP contribution in [0.1, 0.15) is 114 Å². The zero-order valence-corrected chi connectivity index (χ0v) is 36.5. The summed E-state index contributed by atoms with van der Waals surface area (Å²) in [5.74, 6) is -0.230. The predicted octanol–water partition coefficient (Wildman–Crippen LogP) is 8.71. The van der Waals surface area contributed by atoms with Gasteiger partial charge in [-0.2, -0.15) is 0 Å². The van der Waals surface area contributed by atoms with Gasteiger partial charge in [-0.15, -0.1) is 13.2 Å². The summed E-state index contributed by atoms with van der Waals surface area (Å²) in [5.41, 5.74) is 0. The average Bonchev–Trinajstić information content (AvgIpc) is 3.83. The van der Waals surface area contributed by atoms with Gasteiger partial charge < -0.3 is 42.6 Å². The smallest absolute Gasteiger partial charge is 0.317 e. The molecule has 0 radical (unpaired) electrons. The number of esters is 2. The van der Waals surface area contributed by atoms with Crippen molar-refractivity contribution < 1.29 is 52.2 Å². The third-order valence-electron chi connectivity index (χ3n) is 8.30. The monoisotopic (exact) mass is 788 g/mol. The quantitative estimate of drug-likeness (QED) is 0.0261. The molecule has 0 aromatic rings. The molecule has 6 unspecified atom stereocenters. The summed E-state index contributed by atoms with van der Waals surface area (Å²) in [5, 5.41) is 0. The number of carbonyl (C=O) groups is 2. The van der Waals surface area contributed by atoms with E-state index in [1.54, 1.807) is 12.2 Å². The highest BCUT2D eigenvalue weighted by molar-refractivity contribution is 5.96. The molecule has 12 heteroatoms. The second kappa shape index (κ2) is 42.5. The van der Waals surface area contributed by atoms with Gasteiger partial charge in [0.1, 0.15) is 13.2 Å². The van der Waals surface area contributed by atoms with Gasteiger partial charge in [0.15, 0.2) is 5.90 Å². The molecule has 12 nitrogen and oxygen atoms in total. The van der Waals surface area contributed by atoms with Crippen LogP contribution in [0.4, 0.5) is 0 Å². The molecule has 2 heterocycles. The Bertz CT molecular complexity index is 926. The molecular formula is C43H81NO11. The normalized spacial score (nSPS) is 17.7. The lowest BCUT2D eigenvalue weighted by atomic mass is 9.91. The number of ether oxygens (including phenoxy) is 9. The number of carbonyl (C=O) groups excluding carboxylic acids is 2. The molecule has 0 aromatic carbocycles. The molecule has 0 saturated carbocycles. The third-order valence-corrected chi connectivity index (χ3v) is 8.30. The molecule has 0 N–H and O–H groups in total. The maximum absolute atomic E-state index is 10.9. The highest BCUT2D eigenvalue weighted by atomic mass is 16.6. The molecule has 2 aliphatic rings. The van der Waals surface area contributed by atoms with Gasteiger partial charge in [-0.25, -0.2) is 0 Å². The lowest BCUT2D eigenvalue weighted by Crippen LogP contribution is -2.15. The largest absolute Gasteiger partial charge is 0.499 e. The molecule has 2 aliphatic heterocycles. The zero-order chi connectivity index (χ0) is 42.1. The Kier molecular flexibility index (Phi) is 43.9. The van der Waals surface area contributed by atoms with Gasteiger partial charge in [-0.05, 0) is 66.2 Å². The van der Waals surface area contributed by atoms with E-state index >= 15 is 0 Å². The van der Waals surface area contributed by atoms with E-state index in [1.807, 2.05) is 20.8 Å². The Balaban J connectivity index is -0.000000625. The lowest BCUT2D eigenvalue weighted by molar-refractivity contribution is -0.153. The van der Waals surface area contributed by atoms with Gasteiger partial charge in [-0.3, -0.25) is 14.6 Å². The van der Waals surface area contributed by atoms with Crippen LogP contribution in [-0.2, 0) is 52.2 Å². The predicted molar refractivity (Wildman–Crippen MR) is 223 cm³/mol. The number of hydrogen-bond donors (Lipinski definition) is 0. The minimum atomic E-state index is -0.343. The highest BCUT2D eigenvalue weighted by Crippen LogP contribution is 2.28. The molecule has 6 atom stereocenters. The SMILES string of the molecule is C=CCOC(C)CC.C=CCOCCOC(C)CC.C=COCCOC(C)CC.CCC(C)OCCOCCC1=NCCO1.CCC1C(=O)OC(=O)C1CC. The van der Waals surface area contributed by atoms with Crippen LogP contribution in [0.2, 0.25) is 0 Å². The van der Waals surface area contributed by atoms with Gasteiger partial charge in [0.05, 0.1) is 102 Å². The van der Waals surface area contributed by atoms with E-state index < -0.39 is 0 Å². The molecule has 0 bridgehead atoms. The second-order valence-corrected chi connectivity index (χ2v) is 12.8. The van der Waals surface area contributed by atoms with E-state index in [4.69, 9.17) is 37.9 Å². The van der Waals surface area contributed by atoms with Crippen LogP contribution < -0.4 is 0 Å². The molecule has 0 aromatic heterocycles. The van der Waals surface area contributed by atoms with E-state index in [0.29, 0.717) is 96.7 Å². The summed E-state index contributed by atoms with van der Waals surface area (Å²) in [4.78, 5) is 26.1. The number of cyclic esters (lactones) is 2. The Hall–Kier alpha value is -2.61. The van der Waals surface area contributed by atoms with E-state index in [9.17, 15) is 9.59 Å². The van der Waals surface area contributed by atoms with Crippen LogP contribution >= 0.6 is 0 Å². The molecule has 2 rings (SSSR count). The summed E-state index contributed by atoms with van der Waals surface area (Å²) in [6.45, 7) is 38.4. The van der Waals surface area contributed by atoms with Gasteiger partial charge in [0, 0.05) is 6.42 Å². The molecule has 1 saturated heterocycles. The summed E-state index contributed by atoms with van der Waals surface area (Å²) >= 11 is 0. The van der Waals surface area contributed by atoms with Crippen molar-refractivity contribution in [3.8, 4) is 0 Å². The first-order valence-corrected chi connectivity index (χ1v) is 20.4. The highest BCUT2D eigenvalue weighted by Gasteiger charge is 2.41. The molecule has 0 amide bonds. The van der Waals surface area contributed by atoms with Crippen molar-refractivity contribution in [3.63, 3.8) is 0 Å². The van der Waals surface area contributed by atoms with Gasteiger partial charge in [-0.1, -0.05) is 60.3 Å². The lowest BCUT2D eigenvalue weighted by Gasteiger charge is -2.10. The fourth-order valence-electron chi connectivity index (χ4n) is 4.14. The molecular weight excluding hydrogens is 706 g/mol. The fraction of sp³-hybridized carbons (Fsp3) is 0.791. The number of rotatable bonds is 27. The zero-order valence-electron chi connectivity index (χ0n) is 36.5. The topological polar surface area (TPSA) is 130 Å². The van der Waals surface area contributed by atoms with Crippen LogP contribution in [0.3, 0.4) is 0 Å². The standard InChI is InChI=1S/C11H21NO3.C9H18O2.C8H12O3.C8H16O2.C7H14O/c1-3-10(2)14-9-8-13-6-4-11-12-5-7-15-11;1-4-6-10-7-8-11-9(3)5-2;1-3-5-6(4-2)8(10)11-7(5)9;1-4-8(3)10-7-6-9-5-2;1-4-6-8-7(3)5-2/h10H,3-9H2,1-2H3;4,9H,1,5-8H2,2-3H3;5-6H,3-4H2,1-2H3;5,8H,2,4,6-7H2,1,3H3;4,7H,1,5-6H2,2-3H3. The Morgan fingerprint density at radius 2 is 1.09 bits per heavy atom. The fourth-order valence-corrected chi connectivity index (χ4v) is 4.14. The van der Waals surface area contributed by atoms with E-state index in [0.717, 1.165) is 51.2 Å². The first kappa shape index (κ1) is 56.7. The average molecular weight is 788 g/mol. The van der Waals surface area contributed by atoms with Crippen LogP contribution in [0.5, 0.6) is 0 Å². The van der Waals surface area contributed by atoms with Crippen molar-refractivity contribution in [2.24, 2.45) is 16.8 Å². The van der Waals surface area contributed by atoms with E-state index in [-0.39, 0.29) is 23.8 Å². The van der Waals surface area contributed by atoms with Gasteiger partial charge in [0.25, 0.3) is 0 Å². The summed E-state index contributed by atoms with van der Waals surface area (Å²) in [7, 11) is 0. The van der Waals surface area contributed by atoms with Crippen molar-refractivity contribution >= 4 is 17.8 Å². The van der Waals surface area contributed by atoms with E-state index in [1.165, 1.54) is 6.26 Å². The number of nitrogens with zero attached hydrogens (tertiary/aromatic N) is 1. The first-order valence-electron chi connectivity index (χ1n) is 20.4. The van der Waals surface area contributed by atoms with Crippen LogP contribution in [-0.4, -0.2) is 115 Å². The Morgan fingerprint density at radius 3 is 1.49 bits per heavy atom. The summed E-state index contributed by atoms with van der Waals surface area (Å²) < 4.78 is 46.5. The number of hydrogen-bond acceptors (Lipinski definition) is 12. The first-order chi connectivity index (χ1) is 26.5. The molecule has 0 aliphatic carbocycles. The van der Waals surface area contributed by atoms with Gasteiger partial charge >= 0.3 is 11.9 Å². The van der Waals surface area contributed by atoms with Crippen molar-refractivity contribution in [2.75, 3.05) is 72.6 Å². The van der Waals surface area contributed by atoms with Crippen molar-refractivity contribution in [2.45, 2.75) is 139 Å². The summed E-state index contributed by atoms with van der Waals surface area (Å²) in [6.07, 6.45) is 12.7. The maximum Gasteiger partial charge on any atom is 0.317 e. The molecule has 1 fully saturated rings. The molecule has 324 valence electrons. The molecule has 0 spiro atoms. The maximum atomic E-state index is 10.9. The minimum absolute atomic E-state index is 0.188.